The third-order valence-corrected chi connectivity index (χ3v) is 6.30. The molecular formula is C28H27N3O4. The van der Waals surface area contributed by atoms with E-state index in [0.717, 1.165) is 22.5 Å². The third-order valence-electron chi connectivity index (χ3n) is 6.30. The van der Waals surface area contributed by atoms with Crippen molar-refractivity contribution in [2.45, 2.75) is 12.6 Å². The van der Waals surface area contributed by atoms with Gasteiger partial charge >= 0.3 is 6.03 Å². The van der Waals surface area contributed by atoms with Gasteiger partial charge in [0.1, 0.15) is 5.75 Å². The van der Waals surface area contributed by atoms with Crippen LogP contribution in [0.2, 0.25) is 0 Å². The fourth-order valence-corrected chi connectivity index (χ4v) is 4.65. The fourth-order valence-electron chi connectivity index (χ4n) is 4.65. The smallest absolute Gasteiger partial charge is 0.323 e. The molecule has 1 N–H and O–H groups in total. The quantitative estimate of drug-likeness (QED) is 0.411. The number of carbonyl (C=O) groups is 1. The Morgan fingerprint density at radius 3 is 2.37 bits per heavy atom. The van der Waals surface area contributed by atoms with E-state index in [-0.39, 0.29) is 12.1 Å². The molecule has 0 fully saturated rings. The number of nitrogens with zero attached hydrogens (tertiary/aromatic N) is 2. The maximum absolute atomic E-state index is 13.9. The summed E-state index contributed by atoms with van der Waals surface area (Å²) in [6.45, 7) is 0.415. The summed E-state index contributed by atoms with van der Waals surface area (Å²) in [4.78, 5) is 15.7. The monoisotopic (exact) mass is 469 g/mol. The molecule has 0 spiro atoms. The van der Waals surface area contributed by atoms with E-state index in [1.807, 2.05) is 77.8 Å². The zero-order valence-electron chi connectivity index (χ0n) is 19.9. The SMILES string of the molecule is COc1ccccc1NC(=O)N1Cc2ccccc2-n2cccc2C1c1ccc(OC)c(OC)c1. The third kappa shape index (κ3) is 4.05. The minimum Gasteiger partial charge on any atom is -0.495 e. The number of amides is 2. The summed E-state index contributed by atoms with van der Waals surface area (Å²) >= 11 is 0. The molecule has 35 heavy (non-hydrogen) atoms. The number of anilines is 1. The van der Waals surface area contributed by atoms with Crippen molar-refractivity contribution in [3.8, 4) is 22.9 Å². The molecule has 2 heterocycles. The van der Waals surface area contributed by atoms with E-state index in [2.05, 4.69) is 22.0 Å². The molecule has 0 bridgehead atoms. The number of aromatic nitrogens is 1. The summed E-state index contributed by atoms with van der Waals surface area (Å²) in [6, 6.07) is 24.7. The molecule has 1 aliphatic heterocycles. The number of ether oxygens (including phenoxy) is 3. The Morgan fingerprint density at radius 1 is 0.829 bits per heavy atom. The van der Waals surface area contributed by atoms with Crippen molar-refractivity contribution in [1.29, 1.82) is 0 Å². The van der Waals surface area contributed by atoms with Gasteiger partial charge in [0.05, 0.1) is 45.3 Å². The number of benzene rings is 3. The molecule has 4 aromatic rings. The Labute approximate surface area is 204 Å². The van der Waals surface area contributed by atoms with Crippen LogP contribution in [0.15, 0.2) is 85.1 Å². The van der Waals surface area contributed by atoms with Gasteiger partial charge in [0.25, 0.3) is 0 Å². The van der Waals surface area contributed by atoms with E-state index < -0.39 is 0 Å². The average molecular weight is 470 g/mol. The van der Waals surface area contributed by atoms with Crippen molar-refractivity contribution < 1.29 is 19.0 Å². The van der Waals surface area contributed by atoms with Crippen LogP contribution in [0.1, 0.15) is 22.9 Å². The van der Waals surface area contributed by atoms with Gasteiger partial charge in [0.15, 0.2) is 11.5 Å². The topological polar surface area (TPSA) is 65.0 Å². The Kier molecular flexibility index (Phi) is 6.06. The first-order valence-electron chi connectivity index (χ1n) is 11.3. The standard InChI is InChI=1S/C28H27N3O4/c1-33-24-13-7-5-10-21(24)29-28(32)31-18-20-9-4-6-11-22(20)30-16-8-12-23(30)27(31)19-14-15-25(34-2)26(17-19)35-3/h4-17,27H,18H2,1-3H3,(H,29,32). The molecule has 1 aromatic heterocycles. The molecule has 1 atom stereocenters. The molecule has 3 aromatic carbocycles. The van der Waals surface area contributed by atoms with Crippen LogP contribution in [-0.4, -0.2) is 36.8 Å². The number of nitrogens with one attached hydrogen (secondary N) is 1. The van der Waals surface area contributed by atoms with E-state index in [4.69, 9.17) is 14.2 Å². The first kappa shape index (κ1) is 22.4. The van der Waals surface area contributed by atoms with Crippen LogP contribution in [0, 0.1) is 0 Å². The summed E-state index contributed by atoms with van der Waals surface area (Å²) in [6.07, 6.45) is 2.03. The van der Waals surface area contributed by atoms with Gasteiger partial charge < -0.3 is 29.0 Å². The number of urea groups is 1. The fraction of sp³-hybridized carbons (Fsp3) is 0.179. The highest BCUT2D eigenvalue weighted by molar-refractivity contribution is 5.91. The number of hydrogen-bond acceptors (Lipinski definition) is 4. The van der Waals surface area contributed by atoms with Crippen LogP contribution in [0.3, 0.4) is 0 Å². The molecule has 1 unspecified atom stereocenters. The van der Waals surface area contributed by atoms with E-state index in [1.165, 1.54) is 0 Å². The molecule has 1 aliphatic rings. The predicted molar refractivity (Wildman–Crippen MR) is 135 cm³/mol. The van der Waals surface area contributed by atoms with Crippen LogP contribution >= 0.6 is 0 Å². The van der Waals surface area contributed by atoms with E-state index in [9.17, 15) is 4.79 Å². The lowest BCUT2D eigenvalue weighted by Crippen LogP contribution is -2.38. The van der Waals surface area contributed by atoms with Crippen molar-refractivity contribution in [2.75, 3.05) is 26.6 Å². The van der Waals surface area contributed by atoms with Gasteiger partial charge in [-0.3, -0.25) is 0 Å². The number of carbonyl (C=O) groups excluding carboxylic acids is 1. The first-order valence-corrected chi connectivity index (χ1v) is 11.3. The zero-order chi connectivity index (χ0) is 24.4. The second kappa shape index (κ2) is 9.46. The van der Waals surface area contributed by atoms with Gasteiger partial charge in [-0.2, -0.15) is 0 Å². The second-order valence-corrected chi connectivity index (χ2v) is 8.21. The normalized spacial score (nSPS) is 14.4. The van der Waals surface area contributed by atoms with Crippen molar-refractivity contribution in [3.05, 3.63) is 102 Å². The highest BCUT2D eigenvalue weighted by Crippen LogP contribution is 2.40. The number of methoxy groups -OCH3 is 3. The Morgan fingerprint density at radius 2 is 1.57 bits per heavy atom. The summed E-state index contributed by atoms with van der Waals surface area (Å²) in [7, 11) is 4.81. The number of para-hydroxylation sites is 3. The largest absolute Gasteiger partial charge is 0.495 e. The lowest BCUT2D eigenvalue weighted by atomic mass is 10.0. The van der Waals surface area contributed by atoms with E-state index in [1.54, 1.807) is 21.3 Å². The van der Waals surface area contributed by atoms with Crippen LogP contribution in [-0.2, 0) is 6.54 Å². The van der Waals surface area contributed by atoms with Crippen molar-refractivity contribution >= 4 is 11.7 Å². The molecule has 178 valence electrons. The molecule has 7 heteroatoms. The van der Waals surface area contributed by atoms with Gasteiger partial charge in [-0.15, -0.1) is 0 Å². The zero-order valence-corrected chi connectivity index (χ0v) is 19.9. The van der Waals surface area contributed by atoms with Crippen molar-refractivity contribution in [3.63, 3.8) is 0 Å². The summed E-state index contributed by atoms with van der Waals surface area (Å²) in [5, 5.41) is 3.06. The summed E-state index contributed by atoms with van der Waals surface area (Å²) in [5.74, 6) is 1.84. The molecule has 0 radical (unpaired) electrons. The van der Waals surface area contributed by atoms with Crippen molar-refractivity contribution in [1.82, 2.24) is 9.47 Å². The van der Waals surface area contributed by atoms with Gasteiger partial charge in [-0.1, -0.05) is 36.4 Å². The molecule has 0 aliphatic carbocycles. The Balaban J connectivity index is 1.65. The van der Waals surface area contributed by atoms with Gasteiger partial charge in [-0.05, 0) is 53.6 Å². The molecule has 0 saturated heterocycles. The van der Waals surface area contributed by atoms with Crippen LogP contribution in [0.4, 0.5) is 10.5 Å². The second-order valence-electron chi connectivity index (χ2n) is 8.21. The first-order chi connectivity index (χ1) is 17.1. The lowest BCUT2D eigenvalue weighted by Gasteiger charge is -2.31. The van der Waals surface area contributed by atoms with Crippen molar-refractivity contribution in [2.24, 2.45) is 0 Å². The molecular weight excluding hydrogens is 442 g/mol. The molecule has 2 amide bonds. The molecule has 5 rings (SSSR count). The van der Waals surface area contributed by atoms with Crippen LogP contribution < -0.4 is 19.5 Å². The highest BCUT2D eigenvalue weighted by atomic mass is 16.5. The van der Waals surface area contributed by atoms with Gasteiger partial charge in [0.2, 0.25) is 0 Å². The Hall–Kier alpha value is -4.39. The van der Waals surface area contributed by atoms with Crippen LogP contribution in [0.5, 0.6) is 17.2 Å². The number of rotatable bonds is 5. The van der Waals surface area contributed by atoms with Gasteiger partial charge in [0, 0.05) is 11.9 Å². The predicted octanol–water partition coefficient (Wildman–Crippen LogP) is 5.64. The minimum atomic E-state index is -0.382. The van der Waals surface area contributed by atoms with E-state index in [0.29, 0.717) is 29.5 Å². The number of hydrogen-bond donors (Lipinski definition) is 1. The maximum atomic E-state index is 13.9. The average Bonchev–Trinajstić information content (AvgIpc) is 3.32. The Bertz CT molecular complexity index is 1360. The van der Waals surface area contributed by atoms with Crippen LogP contribution in [0.25, 0.3) is 5.69 Å². The summed E-state index contributed by atoms with van der Waals surface area (Å²) < 4.78 is 18.6. The molecule has 7 nitrogen and oxygen atoms in total. The maximum Gasteiger partial charge on any atom is 0.323 e. The molecule has 0 saturated carbocycles. The van der Waals surface area contributed by atoms with E-state index >= 15 is 0 Å². The highest BCUT2D eigenvalue weighted by Gasteiger charge is 2.33. The minimum absolute atomic E-state index is 0.237. The summed E-state index contributed by atoms with van der Waals surface area (Å²) in [5.41, 5.74) is 4.58. The van der Waals surface area contributed by atoms with Gasteiger partial charge in [-0.25, -0.2) is 4.79 Å². The number of fused-ring (bicyclic) bond motifs is 3. The lowest BCUT2D eigenvalue weighted by molar-refractivity contribution is 0.194.